The Labute approximate surface area is 69.8 Å². The van der Waals surface area contributed by atoms with Crippen LogP contribution in [0.25, 0.3) is 0 Å². The van der Waals surface area contributed by atoms with Gasteiger partial charge >= 0.3 is 0 Å². The summed E-state index contributed by atoms with van der Waals surface area (Å²) in [6, 6.07) is 5.11. The van der Waals surface area contributed by atoms with Crippen LogP contribution in [0.4, 0.5) is 4.39 Å². The highest BCUT2D eigenvalue weighted by atomic mass is 32.2. The molecular formula is C9H9FS. The molecule has 0 saturated heterocycles. The normalized spacial score (nSPS) is 16.1. The van der Waals surface area contributed by atoms with Crippen LogP contribution in [0.3, 0.4) is 0 Å². The zero-order chi connectivity index (χ0) is 7.68. The summed E-state index contributed by atoms with van der Waals surface area (Å²) in [5, 5.41) is 0. The van der Waals surface area contributed by atoms with Crippen LogP contribution >= 0.6 is 11.8 Å². The van der Waals surface area contributed by atoms with Gasteiger partial charge in [0.25, 0.3) is 0 Å². The average Bonchev–Trinajstić information content (AvgIpc) is 2.04. The Balaban J connectivity index is 2.43. The zero-order valence-corrected chi connectivity index (χ0v) is 6.96. The number of benzene rings is 1. The number of fused-ring (bicyclic) bond motifs is 1. The van der Waals surface area contributed by atoms with Crippen LogP contribution in [0.5, 0.6) is 0 Å². The molecule has 58 valence electrons. The molecule has 0 spiro atoms. The minimum Gasteiger partial charge on any atom is -0.207 e. The van der Waals surface area contributed by atoms with E-state index in [4.69, 9.17) is 0 Å². The second kappa shape index (κ2) is 2.86. The molecule has 1 aliphatic heterocycles. The largest absolute Gasteiger partial charge is 0.207 e. The number of thioether (sulfide) groups is 1. The van der Waals surface area contributed by atoms with Crippen LogP contribution in [-0.4, -0.2) is 5.75 Å². The van der Waals surface area contributed by atoms with Gasteiger partial charge in [-0.05, 0) is 35.4 Å². The molecule has 2 heteroatoms. The molecule has 0 bridgehead atoms. The van der Waals surface area contributed by atoms with E-state index in [1.807, 2.05) is 17.8 Å². The maximum atomic E-state index is 12.7. The Morgan fingerprint density at radius 1 is 1.27 bits per heavy atom. The van der Waals surface area contributed by atoms with E-state index in [-0.39, 0.29) is 5.82 Å². The number of halogens is 1. The van der Waals surface area contributed by atoms with Gasteiger partial charge in [0.15, 0.2) is 0 Å². The van der Waals surface area contributed by atoms with Gasteiger partial charge in [-0.15, -0.1) is 0 Å². The highest BCUT2D eigenvalue weighted by Crippen LogP contribution is 2.24. The van der Waals surface area contributed by atoms with E-state index in [0.29, 0.717) is 0 Å². The van der Waals surface area contributed by atoms with Crippen molar-refractivity contribution in [2.45, 2.75) is 12.2 Å². The van der Waals surface area contributed by atoms with Gasteiger partial charge in [-0.2, -0.15) is 11.8 Å². The molecule has 0 aliphatic carbocycles. The van der Waals surface area contributed by atoms with Crippen molar-refractivity contribution < 1.29 is 4.39 Å². The first-order chi connectivity index (χ1) is 5.36. The van der Waals surface area contributed by atoms with Gasteiger partial charge in [-0.25, -0.2) is 4.39 Å². The fraction of sp³-hybridized carbons (Fsp3) is 0.333. The smallest absolute Gasteiger partial charge is 0.123 e. The molecule has 0 radical (unpaired) electrons. The van der Waals surface area contributed by atoms with Gasteiger partial charge in [0.1, 0.15) is 5.82 Å². The lowest BCUT2D eigenvalue weighted by atomic mass is 10.1. The van der Waals surface area contributed by atoms with Gasteiger partial charge in [-0.1, -0.05) is 6.07 Å². The van der Waals surface area contributed by atoms with Gasteiger partial charge < -0.3 is 0 Å². The van der Waals surface area contributed by atoms with Crippen molar-refractivity contribution >= 4 is 11.8 Å². The maximum absolute atomic E-state index is 12.7. The van der Waals surface area contributed by atoms with Gasteiger partial charge in [0.2, 0.25) is 0 Å². The molecule has 1 aromatic rings. The summed E-state index contributed by atoms with van der Waals surface area (Å²) in [5.74, 6) is 2.05. The summed E-state index contributed by atoms with van der Waals surface area (Å²) in [4.78, 5) is 0. The van der Waals surface area contributed by atoms with E-state index in [2.05, 4.69) is 0 Å². The maximum Gasteiger partial charge on any atom is 0.123 e. The second-order valence-electron chi connectivity index (χ2n) is 2.72. The molecule has 0 N–H and O–H groups in total. The Morgan fingerprint density at radius 3 is 3.09 bits per heavy atom. The highest BCUT2D eigenvalue weighted by molar-refractivity contribution is 7.98. The summed E-state index contributed by atoms with van der Waals surface area (Å²) in [5.41, 5.74) is 2.51. The predicted octanol–water partition coefficient (Wildman–Crippen LogP) is 2.62. The summed E-state index contributed by atoms with van der Waals surface area (Å²) in [6.45, 7) is 0. The third-order valence-corrected chi connectivity index (χ3v) is 2.95. The molecule has 1 aliphatic rings. The van der Waals surface area contributed by atoms with Crippen LogP contribution in [0.2, 0.25) is 0 Å². The molecule has 0 nitrogen and oxygen atoms in total. The molecule has 1 heterocycles. The first-order valence-electron chi connectivity index (χ1n) is 3.71. The van der Waals surface area contributed by atoms with Gasteiger partial charge in [-0.3, -0.25) is 0 Å². The van der Waals surface area contributed by atoms with Crippen LogP contribution in [0.15, 0.2) is 18.2 Å². The zero-order valence-electron chi connectivity index (χ0n) is 6.14. The van der Waals surface area contributed by atoms with E-state index in [1.165, 1.54) is 16.9 Å². The summed E-state index contributed by atoms with van der Waals surface area (Å²) >= 11 is 1.88. The van der Waals surface area contributed by atoms with E-state index >= 15 is 0 Å². The summed E-state index contributed by atoms with van der Waals surface area (Å²) in [6.07, 6.45) is 1.10. The molecule has 11 heavy (non-hydrogen) atoms. The number of hydrogen-bond donors (Lipinski definition) is 0. The lowest BCUT2D eigenvalue weighted by molar-refractivity contribution is 0.625. The molecule has 0 amide bonds. The van der Waals surface area contributed by atoms with Crippen molar-refractivity contribution in [2.75, 3.05) is 5.75 Å². The minimum absolute atomic E-state index is 0.105. The van der Waals surface area contributed by atoms with Gasteiger partial charge in [0.05, 0.1) is 0 Å². The summed E-state index contributed by atoms with van der Waals surface area (Å²) < 4.78 is 12.7. The Hall–Kier alpha value is -0.500. The van der Waals surface area contributed by atoms with Crippen molar-refractivity contribution in [2.24, 2.45) is 0 Å². The lowest BCUT2D eigenvalue weighted by Gasteiger charge is -2.14. The SMILES string of the molecule is Fc1ccc2c(c1)CSCC2. The van der Waals surface area contributed by atoms with E-state index in [9.17, 15) is 4.39 Å². The Morgan fingerprint density at radius 2 is 2.18 bits per heavy atom. The van der Waals surface area contributed by atoms with Crippen LogP contribution in [0, 0.1) is 5.82 Å². The minimum atomic E-state index is -0.105. The number of rotatable bonds is 0. The second-order valence-corrected chi connectivity index (χ2v) is 3.82. The predicted molar refractivity (Wildman–Crippen MR) is 46.3 cm³/mol. The van der Waals surface area contributed by atoms with E-state index < -0.39 is 0 Å². The molecule has 2 rings (SSSR count). The lowest BCUT2D eigenvalue weighted by Crippen LogP contribution is -2.01. The van der Waals surface area contributed by atoms with Gasteiger partial charge in [0, 0.05) is 5.75 Å². The highest BCUT2D eigenvalue weighted by Gasteiger charge is 2.08. The molecular weight excluding hydrogens is 159 g/mol. The third-order valence-electron chi connectivity index (χ3n) is 1.94. The monoisotopic (exact) mass is 168 g/mol. The molecule has 0 fully saturated rings. The van der Waals surface area contributed by atoms with Crippen LogP contribution < -0.4 is 0 Å². The van der Waals surface area contributed by atoms with Crippen molar-refractivity contribution in [3.63, 3.8) is 0 Å². The average molecular weight is 168 g/mol. The van der Waals surface area contributed by atoms with E-state index in [0.717, 1.165) is 12.2 Å². The Kier molecular flexibility index (Phi) is 1.86. The van der Waals surface area contributed by atoms with E-state index in [1.54, 1.807) is 12.1 Å². The topological polar surface area (TPSA) is 0 Å². The molecule has 1 aromatic carbocycles. The number of aryl methyl sites for hydroxylation is 1. The quantitative estimate of drug-likeness (QED) is 0.574. The fourth-order valence-corrected chi connectivity index (χ4v) is 2.33. The molecule has 0 saturated carbocycles. The van der Waals surface area contributed by atoms with Crippen molar-refractivity contribution in [3.05, 3.63) is 35.1 Å². The Bertz CT molecular complexity index is 270. The molecule has 0 unspecified atom stereocenters. The first-order valence-corrected chi connectivity index (χ1v) is 4.87. The van der Waals surface area contributed by atoms with Crippen LogP contribution in [-0.2, 0) is 12.2 Å². The van der Waals surface area contributed by atoms with Crippen molar-refractivity contribution in [3.8, 4) is 0 Å². The van der Waals surface area contributed by atoms with Crippen LogP contribution in [0.1, 0.15) is 11.1 Å². The number of hydrogen-bond acceptors (Lipinski definition) is 1. The van der Waals surface area contributed by atoms with Crippen molar-refractivity contribution in [1.82, 2.24) is 0 Å². The fourth-order valence-electron chi connectivity index (χ4n) is 1.34. The first kappa shape index (κ1) is 7.17. The van der Waals surface area contributed by atoms with Crippen molar-refractivity contribution in [1.29, 1.82) is 0 Å². The molecule has 0 aromatic heterocycles. The molecule has 0 atom stereocenters. The third kappa shape index (κ3) is 1.41. The summed E-state index contributed by atoms with van der Waals surface area (Å²) in [7, 11) is 0. The standard InChI is InChI=1S/C9H9FS/c10-9-2-1-7-3-4-11-6-8(7)5-9/h1-2,5H,3-4,6H2.